The Hall–Kier alpha value is -1.39. The number of carbonyl (C=O) groups is 1. The highest BCUT2D eigenvalue weighted by Crippen LogP contribution is 2.26. The van der Waals surface area contributed by atoms with Crippen LogP contribution in [0.25, 0.3) is 0 Å². The molecule has 0 radical (unpaired) electrons. The lowest BCUT2D eigenvalue weighted by molar-refractivity contribution is -0.136. The Labute approximate surface area is 164 Å². The standard InChI is InChI=1S/C23H35N3O/c1-19-7-2-3-8-20(19)17-24-15-10-22(11-16-24)26-14-6-9-21(18-26)23(27)25-12-4-5-13-25/h2-3,7-8,21-22H,4-6,9-18H2,1H3. The number of carbonyl (C=O) groups excluding carboxylic acids is 1. The SMILES string of the molecule is Cc1ccccc1CN1CCC(N2CCCC(C(=O)N3CCCC3)C2)CC1. The van der Waals surface area contributed by atoms with Crippen molar-refractivity contribution in [2.75, 3.05) is 39.3 Å². The van der Waals surface area contributed by atoms with E-state index in [0.717, 1.165) is 32.6 Å². The fraction of sp³-hybridized carbons (Fsp3) is 0.696. The second-order valence-electron chi connectivity index (χ2n) is 8.80. The number of aryl methyl sites for hydroxylation is 1. The molecule has 0 aliphatic carbocycles. The molecule has 1 atom stereocenters. The Morgan fingerprint density at radius 1 is 0.963 bits per heavy atom. The van der Waals surface area contributed by atoms with Gasteiger partial charge in [0, 0.05) is 32.2 Å². The van der Waals surface area contributed by atoms with Gasteiger partial charge in [-0.1, -0.05) is 24.3 Å². The topological polar surface area (TPSA) is 26.8 Å². The average molecular weight is 370 g/mol. The number of likely N-dealkylation sites (tertiary alicyclic amines) is 3. The number of amides is 1. The first kappa shape index (κ1) is 18.9. The van der Waals surface area contributed by atoms with E-state index in [2.05, 4.69) is 45.9 Å². The molecule has 3 aliphatic heterocycles. The molecule has 1 amide bonds. The summed E-state index contributed by atoms with van der Waals surface area (Å²) in [5.41, 5.74) is 2.86. The largest absolute Gasteiger partial charge is 0.342 e. The van der Waals surface area contributed by atoms with Gasteiger partial charge >= 0.3 is 0 Å². The third-order valence-corrected chi connectivity index (χ3v) is 6.95. The molecule has 3 aliphatic rings. The van der Waals surface area contributed by atoms with Gasteiger partial charge in [-0.05, 0) is 76.2 Å². The third-order valence-electron chi connectivity index (χ3n) is 6.95. The molecule has 0 spiro atoms. The highest BCUT2D eigenvalue weighted by molar-refractivity contribution is 5.79. The highest BCUT2D eigenvalue weighted by atomic mass is 16.2. The molecule has 3 saturated heterocycles. The van der Waals surface area contributed by atoms with Crippen LogP contribution in [0.5, 0.6) is 0 Å². The van der Waals surface area contributed by atoms with Crippen molar-refractivity contribution in [3.05, 3.63) is 35.4 Å². The zero-order chi connectivity index (χ0) is 18.6. The lowest BCUT2D eigenvalue weighted by Crippen LogP contribution is -2.51. The lowest BCUT2D eigenvalue weighted by atomic mass is 9.92. The maximum absolute atomic E-state index is 12.8. The van der Waals surface area contributed by atoms with Gasteiger partial charge in [0.2, 0.25) is 5.91 Å². The van der Waals surface area contributed by atoms with Crippen molar-refractivity contribution in [2.45, 2.75) is 58.0 Å². The zero-order valence-electron chi connectivity index (χ0n) is 16.9. The smallest absolute Gasteiger partial charge is 0.226 e. The van der Waals surface area contributed by atoms with Crippen molar-refractivity contribution in [3.63, 3.8) is 0 Å². The Morgan fingerprint density at radius 3 is 2.44 bits per heavy atom. The minimum atomic E-state index is 0.252. The van der Waals surface area contributed by atoms with Gasteiger partial charge in [0.05, 0.1) is 5.92 Å². The maximum Gasteiger partial charge on any atom is 0.226 e. The van der Waals surface area contributed by atoms with Crippen molar-refractivity contribution >= 4 is 5.91 Å². The van der Waals surface area contributed by atoms with Crippen molar-refractivity contribution in [3.8, 4) is 0 Å². The summed E-state index contributed by atoms with van der Waals surface area (Å²) in [6, 6.07) is 9.43. The monoisotopic (exact) mass is 369 g/mol. The van der Waals surface area contributed by atoms with Crippen LogP contribution in [-0.4, -0.2) is 65.9 Å². The lowest BCUT2D eigenvalue weighted by Gasteiger charge is -2.42. The van der Waals surface area contributed by atoms with E-state index in [1.807, 2.05) is 0 Å². The van der Waals surface area contributed by atoms with Crippen LogP contribution in [0.2, 0.25) is 0 Å². The molecule has 3 fully saturated rings. The Kier molecular flexibility index (Phi) is 6.14. The van der Waals surface area contributed by atoms with Gasteiger partial charge in [0.25, 0.3) is 0 Å². The van der Waals surface area contributed by atoms with Crippen LogP contribution in [0.15, 0.2) is 24.3 Å². The summed E-state index contributed by atoms with van der Waals surface area (Å²) in [6.07, 6.45) is 7.17. The van der Waals surface area contributed by atoms with E-state index in [-0.39, 0.29) is 5.92 Å². The van der Waals surface area contributed by atoms with Crippen molar-refractivity contribution in [1.29, 1.82) is 0 Å². The molecule has 0 N–H and O–H groups in total. The minimum absolute atomic E-state index is 0.252. The normalized spacial score (nSPS) is 25.8. The van der Waals surface area contributed by atoms with Gasteiger partial charge in [-0.15, -0.1) is 0 Å². The van der Waals surface area contributed by atoms with Gasteiger partial charge in [0.15, 0.2) is 0 Å². The second-order valence-corrected chi connectivity index (χ2v) is 8.80. The summed E-state index contributed by atoms with van der Waals surface area (Å²) in [7, 11) is 0. The zero-order valence-corrected chi connectivity index (χ0v) is 16.9. The van der Waals surface area contributed by atoms with E-state index < -0.39 is 0 Å². The van der Waals surface area contributed by atoms with E-state index in [1.54, 1.807) is 0 Å². The van der Waals surface area contributed by atoms with E-state index in [0.29, 0.717) is 11.9 Å². The van der Waals surface area contributed by atoms with E-state index in [9.17, 15) is 4.79 Å². The number of piperidine rings is 2. The molecule has 1 aromatic carbocycles. The van der Waals surface area contributed by atoms with Crippen LogP contribution in [0.4, 0.5) is 0 Å². The van der Waals surface area contributed by atoms with Crippen molar-refractivity contribution in [1.82, 2.24) is 14.7 Å². The Bertz CT molecular complexity index is 632. The molecule has 4 rings (SSSR count). The number of hydrogen-bond donors (Lipinski definition) is 0. The van der Waals surface area contributed by atoms with E-state index in [1.165, 1.54) is 62.9 Å². The molecule has 0 saturated carbocycles. The molecular formula is C23H35N3O. The molecule has 148 valence electrons. The highest BCUT2D eigenvalue weighted by Gasteiger charge is 2.34. The predicted octanol–water partition coefficient (Wildman–Crippen LogP) is 3.29. The summed E-state index contributed by atoms with van der Waals surface area (Å²) in [6.45, 7) is 9.83. The fourth-order valence-electron chi connectivity index (χ4n) is 5.21. The van der Waals surface area contributed by atoms with Crippen LogP contribution in [0.1, 0.15) is 49.7 Å². The molecular weight excluding hydrogens is 334 g/mol. The average Bonchev–Trinajstić information content (AvgIpc) is 3.25. The molecule has 4 nitrogen and oxygen atoms in total. The molecule has 0 aromatic heterocycles. The number of benzene rings is 1. The first-order chi connectivity index (χ1) is 13.2. The fourth-order valence-corrected chi connectivity index (χ4v) is 5.21. The molecule has 4 heteroatoms. The summed E-state index contributed by atoms with van der Waals surface area (Å²) >= 11 is 0. The second kappa shape index (κ2) is 8.74. The van der Waals surface area contributed by atoms with Crippen LogP contribution < -0.4 is 0 Å². The van der Waals surface area contributed by atoms with Crippen molar-refractivity contribution in [2.24, 2.45) is 5.92 Å². The summed E-state index contributed by atoms with van der Waals surface area (Å²) in [5.74, 6) is 0.691. The van der Waals surface area contributed by atoms with Gasteiger partial charge in [0.1, 0.15) is 0 Å². The Balaban J connectivity index is 1.27. The summed E-state index contributed by atoms with van der Waals surface area (Å²) in [5, 5.41) is 0. The van der Waals surface area contributed by atoms with Gasteiger partial charge in [-0.2, -0.15) is 0 Å². The number of hydrogen-bond acceptors (Lipinski definition) is 3. The first-order valence-corrected chi connectivity index (χ1v) is 11.0. The summed E-state index contributed by atoms with van der Waals surface area (Å²) in [4.78, 5) is 20.2. The van der Waals surface area contributed by atoms with Crippen LogP contribution in [0.3, 0.4) is 0 Å². The molecule has 27 heavy (non-hydrogen) atoms. The molecule has 3 heterocycles. The van der Waals surface area contributed by atoms with Gasteiger partial charge in [-0.3, -0.25) is 14.6 Å². The summed E-state index contributed by atoms with van der Waals surface area (Å²) < 4.78 is 0. The van der Waals surface area contributed by atoms with E-state index >= 15 is 0 Å². The van der Waals surface area contributed by atoms with Gasteiger partial charge in [-0.25, -0.2) is 0 Å². The minimum Gasteiger partial charge on any atom is -0.342 e. The predicted molar refractivity (Wildman–Crippen MR) is 110 cm³/mol. The van der Waals surface area contributed by atoms with Crippen LogP contribution in [-0.2, 0) is 11.3 Å². The quantitative estimate of drug-likeness (QED) is 0.815. The van der Waals surface area contributed by atoms with Gasteiger partial charge < -0.3 is 4.90 Å². The Morgan fingerprint density at radius 2 is 1.70 bits per heavy atom. The number of nitrogens with zero attached hydrogens (tertiary/aromatic N) is 3. The first-order valence-electron chi connectivity index (χ1n) is 11.0. The molecule has 1 unspecified atom stereocenters. The van der Waals surface area contributed by atoms with Crippen LogP contribution >= 0.6 is 0 Å². The molecule has 1 aromatic rings. The maximum atomic E-state index is 12.8. The molecule has 0 bridgehead atoms. The van der Waals surface area contributed by atoms with E-state index in [4.69, 9.17) is 0 Å². The van der Waals surface area contributed by atoms with Crippen LogP contribution in [0, 0.1) is 12.8 Å². The third kappa shape index (κ3) is 4.55. The van der Waals surface area contributed by atoms with Crippen molar-refractivity contribution < 1.29 is 4.79 Å². The number of rotatable bonds is 4.